The Balaban J connectivity index is 1.86. The van der Waals surface area contributed by atoms with Crippen LogP contribution in [0.2, 0.25) is 5.02 Å². The largest absolute Gasteiger partial charge is 0.468 e. The average Bonchev–Trinajstić information content (AvgIpc) is 2.77. The number of carbonyl (C=O) groups is 2. The Kier molecular flexibility index (Phi) is 7.09. The third-order valence-electron chi connectivity index (χ3n) is 4.35. The lowest BCUT2D eigenvalue weighted by atomic mass is 10.0. The van der Waals surface area contributed by atoms with Crippen LogP contribution in [0.1, 0.15) is 26.4 Å². The summed E-state index contributed by atoms with van der Waals surface area (Å²) in [5, 5.41) is 2.89. The number of ketones is 1. The first-order valence-electron chi connectivity index (χ1n) is 9.32. The van der Waals surface area contributed by atoms with Gasteiger partial charge in [-0.05, 0) is 41.5 Å². The van der Waals surface area contributed by atoms with Gasteiger partial charge in [0.1, 0.15) is 5.69 Å². The summed E-state index contributed by atoms with van der Waals surface area (Å²) in [4.78, 5) is 32.2. The Morgan fingerprint density at radius 2 is 1.78 bits per heavy atom. The fraction of sp³-hybridized carbons (Fsp3) is 0.182. The van der Waals surface area contributed by atoms with E-state index >= 15 is 0 Å². The summed E-state index contributed by atoms with van der Waals surface area (Å²) in [6.45, 7) is -1.50. The van der Waals surface area contributed by atoms with Gasteiger partial charge in [0.15, 0.2) is 12.4 Å². The van der Waals surface area contributed by atoms with E-state index in [0.717, 1.165) is 0 Å². The van der Waals surface area contributed by atoms with Crippen molar-refractivity contribution in [2.45, 2.75) is 12.6 Å². The van der Waals surface area contributed by atoms with Crippen molar-refractivity contribution in [3.8, 4) is 17.0 Å². The maximum Gasteiger partial charge on any atom is 0.422 e. The quantitative estimate of drug-likeness (QED) is 0.521. The molecule has 0 bridgehead atoms. The van der Waals surface area contributed by atoms with E-state index in [0.29, 0.717) is 21.7 Å². The predicted octanol–water partition coefficient (Wildman–Crippen LogP) is 4.52. The summed E-state index contributed by atoms with van der Waals surface area (Å²) in [6.07, 6.45) is -2.02. The lowest BCUT2D eigenvalue weighted by molar-refractivity contribution is -0.154. The topological polar surface area (TPSA) is 81.2 Å². The highest BCUT2D eigenvalue weighted by molar-refractivity contribution is 6.30. The van der Waals surface area contributed by atoms with E-state index in [1.807, 2.05) is 0 Å². The van der Waals surface area contributed by atoms with Crippen molar-refractivity contribution in [1.82, 2.24) is 15.3 Å². The molecule has 3 aromatic rings. The molecular formula is C22H17ClF3N3O3. The maximum atomic E-state index is 12.6. The molecule has 2 aromatic heterocycles. The van der Waals surface area contributed by atoms with Gasteiger partial charge < -0.3 is 10.1 Å². The van der Waals surface area contributed by atoms with Crippen LogP contribution in [0.25, 0.3) is 11.1 Å². The van der Waals surface area contributed by atoms with Crippen LogP contribution in [0.15, 0.2) is 54.9 Å². The van der Waals surface area contributed by atoms with E-state index < -0.39 is 12.8 Å². The lowest BCUT2D eigenvalue weighted by Gasteiger charge is -2.14. The minimum absolute atomic E-state index is 0.0753. The maximum absolute atomic E-state index is 12.6. The van der Waals surface area contributed by atoms with Gasteiger partial charge in [-0.25, -0.2) is 4.98 Å². The van der Waals surface area contributed by atoms with E-state index in [1.165, 1.54) is 31.6 Å². The zero-order chi connectivity index (χ0) is 23.3. The molecule has 0 saturated carbocycles. The van der Waals surface area contributed by atoms with Crippen LogP contribution in [-0.4, -0.2) is 41.5 Å². The van der Waals surface area contributed by atoms with Crippen molar-refractivity contribution in [2.75, 3.05) is 13.7 Å². The fourth-order valence-corrected chi connectivity index (χ4v) is 2.93. The predicted molar refractivity (Wildman–Crippen MR) is 112 cm³/mol. The molecule has 0 spiro atoms. The summed E-state index contributed by atoms with van der Waals surface area (Å²) in [6, 6.07) is 10.9. The Hall–Kier alpha value is -3.46. The molecule has 32 heavy (non-hydrogen) atoms. The molecule has 1 aromatic carbocycles. The van der Waals surface area contributed by atoms with Gasteiger partial charge in [0.05, 0.1) is 0 Å². The summed E-state index contributed by atoms with van der Waals surface area (Å²) in [5.74, 6) is -0.888. The second-order valence-corrected chi connectivity index (χ2v) is 7.15. The number of ether oxygens (including phenoxy) is 1. The van der Waals surface area contributed by atoms with Crippen LogP contribution in [-0.2, 0) is 6.42 Å². The monoisotopic (exact) mass is 463 g/mol. The molecule has 2 heterocycles. The van der Waals surface area contributed by atoms with Gasteiger partial charge in [0.2, 0.25) is 5.88 Å². The number of hydrogen-bond acceptors (Lipinski definition) is 5. The molecule has 0 fully saturated rings. The van der Waals surface area contributed by atoms with Crippen LogP contribution in [0.3, 0.4) is 0 Å². The van der Waals surface area contributed by atoms with Crippen LogP contribution in [0.4, 0.5) is 13.2 Å². The van der Waals surface area contributed by atoms with E-state index in [-0.39, 0.29) is 35.2 Å². The van der Waals surface area contributed by atoms with Crippen LogP contribution >= 0.6 is 11.6 Å². The minimum Gasteiger partial charge on any atom is -0.468 e. The average molecular weight is 464 g/mol. The van der Waals surface area contributed by atoms with E-state index in [4.69, 9.17) is 16.3 Å². The molecule has 0 aliphatic carbocycles. The first-order valence-corrected chi connectivity index (χ1v) is 9.70. The molecule has 166 valence electrons. The van der Waals surface area contributed by atoms with Crippen LogP contribution in [0, 0.1) is 0 Å². The van der Waals surface area contributed by atoms with E-state index in [2.05, 4.69) is 15.3 Å². The van der Waals surface area contributed by atoms with Gasteiger partial charge in [-0.1, -0.05) is 23.7 Å². The van der Waals surface area contributed by atoms with Gasteiger partial charge in [-0.15, -0.1) is 0 Å². The minimum atomic E-state index is -4.53. The SMILES string of the molecule is CNC(=O)c1ccc(C(=O)Cc2cnc(OCC(F)(F)F)c(-c3ccc(Cl)cc3)c2)cn1. The molecule has 6 nitrogen and oxygen atoms in total. The summed E-state index contributed by atoms with van der Waals surface area (Å²) < 4.78 is 42.7. The second-order valence-electron chi connectivity index (χ2n) is 6.72. The Morgan fingerprint density at radius 1 is 1.06 bits per heavy atom. The number of nitrogens with one attached hydrogen (secondary N) is 1. The first kappa shape index (κ1) is 23.2. The normalized spacial score (nSPS) is 11.2. The highest BCUT2D eigenvalue weighted by atomic mass is 35.5. The van der Waals surface area contributed by atoms with Crippen molar-refractivity contribution in [2.24, 2.45) is 0 Å². The standard InChI is InChI=1S/C22H17ClF3N3O3/c1-27-20(31)18-7-4-15(11-28-18)19(30)9-13-8-17(14-2-5-16(23)6-3-14)21(29-10-13)32-12-22(24,25)26/h2-8,10-11H,9,12H2,1H3,(H,27,31). The molecule has 1 amide bonds. The smallest absolute Gasteiger partial charge is 0.422 e. The van der Waals surface area contributed by atoms with Gasteiger partial charge in [-0.2, -0.15) is 13.2 Å². The molecule has 0 aliphatic heterocycles. The van der Waals surface area contributed by atoms with Crippen LogP contribution < -0.4 is 10.1 Å². The molecule has 10 heteroatoms. The van der Waals surface area contributed by atoms with E-state index in [1.54, 1.807) is 30.3 Å². The van der Waals surface area contributed by atoms with Gasteiger partial charge in [0.25, 0.3) is 5.91 Å². The summed E-state index contributed by atoms with van der Waals surface area (Å²) in [5.41, 5.74) is 1.74. The molecule has 0 atom stereocenters. The third kappa shape index (κ3) is 6.04. The number of nitrogens with zero attached hydrogens (tertiary/aromatic N) is 2. The zero-order valence-corrected chi connectivity index (χ0v) is 17.5. The Morgan fingerprint density at radius 3 is 2.38 bits per heavy atom. The Labute approximate surface area is 186 Å². The van der Waals surface area contributed by atoms with Crippen LogP contribution in [0.5, 0.6) is 5.88 Å². The van der Waals surface area contributed by atoms with Crippen molar-refractivity contribution in [1.29, 1.82) is 0 Å². The molecular weight excluding hydrogens is 447 g/mol. The summed E-state index contributed by atoms with van der Waals surface area (Å²) in [7, 11) is 1.47. The number of aromatic nitrogens is 2. The fourth-order valence-electron chi connectivity index (χ4n) is 2.80. The molecule has 3 rings (SSSR count). The van der Waals surface area contributed by atoms with Gasteiger partial charge >= 0.3 is 6.18 Å². The number of alkyl halides is 3. The highest BCUT2D eigenvalue weighted by Crippen LogP contribution is 2.31. The Bertz CT molecular complexity index is 1120. The number of halogens is 4. The second kappa shape index (κ2) is 9.78. The molecule has 0 aliphatic rings. The van der Waals surface area contributed by atoms with Crippen molar-refractivity contribution in [3.63, 3.8) is 0 Å². The number of benzene rings is 1. The molecule has 0 unspecified atom stereocenters. The summed E-state index contributed by atoms with van der Waals surface area (Å²) >= 11 is 5.90. The van der Waals surface area contributed by atoms with Gasteiger partial charge in [0, 0.05) is 42.0 Å². The van der Waals surface area contributed by atoms with Crippen molar-refractivity contribution in [3.05, 3.63) is 76.7 Å². The van der Waals surface area contributed by atoms with Crippen molar-refractivity contribution < 1.29 is 27.5 Å². The van der Waals surface area contributed by atoms with E-state index in [9.17, 15) is 22.8 Å². The number of amides is 1. The van der Waals surface area contributed by atoms with Crippen molar-refractivity contribution >= 4 is 23.3 Å². The molecule has 0 radical (unpaired) electrons. The molecule has 1 N–H and O–H groups in total. The highest BCUT2D eigenvalue weighted by Gasteiger charge is 2.29. The van der Waals surface area contributed by atoms with Gasteiger partial charge in [-0.3, -0.25) is 14.6 Å². The number of Topliss-reactive ketones (excluding diaryl/α,β-unsaturated/α-hetero) is 1. The molecule has 0 saturated heterocycles. The lowest BCUT2D eigenvalue weighted by Crippen LogP contribution is -2.20. The zero-order valence-electron chi connectivity index (χ0n) is 16.7. The number of hydrogen-bond donors (Lipinski definition) is 1. The first-order chi connectivity index (χ1) is 15.2. The third-order valence-corrected chi connectivity index (χ3v) is 4.60. The number of pyridine rings is 2. The number of carbonyl (C=O) groups excluding carboxylic acids is 2. The number of rotatable bonds is 7.